The van der Waals surface area contributed by atoms with Crippen LogP contribution in [-0.4, -0.2) is 58.1 Å². The molecule has 0 spiro atoms. The van der Waals surface area contributed by atoms with E-state index in [4.69, 9.17) is 9.47 Å². The number of halogens is 3. The Labute approximate surface area is 222 Å². The first-order chi connectivity index (χ1) is 18.6. The van der Waals surface area contributed by atoms with Gasteiger partial charge in [-0.25, -0.2) is 14.5 Å². The fraction of sp³-hybridized carbons (Fsp3) is 0.222. The van der Waals surface area contributed by atoms with Crippen LogP contribution < -0.4 is 14.4 Å². The minimum Gasteiger partial charge on any atom is -0.497 e. The van der Waals surface area contributed by atoms with E-state index in [1.165, 1.54) is 22.9 Å². The number of nitrogens with zero attached hydrogens (tertiary/aromatic N) is 6. The Kier molecular flexibility index (Phi) is 6.54. The van der Waals surface area contributed by atoms with Crippen LogP contribution in [0.1, 0.15) is 17.0 Å². The van der Waals surface area contributed by atoms with Crippen LogP contribution in [0.5, 0.6) is 11.8 Å². The van der Waals surface area contributed by atoms with Gasteiger partial charge in [-0.2, -0.15) is 18.3 Å². The Balaban J connectivity index is 1.48. The van der Waals surface area contributed by atoms with Crippen LogP contribution in [0.15, 0.2) is 67.5 Å². The van der Waals surface area contributed by atoms with Crippen molar-refractivity contribution in [3.05, 3.63) is 84.5 Å². The average molecular weight is 539 g/mol. The number of carbonyl (C=O) groups excluding carboxylic acids is 1. The number of imidazole rings is 1. The summed E-state index contributed by atoms with van der Waals surface area (Å²) in [5.74, 6) is 0.578. The van der Waals surface area contributed by atoms with Crippen LogP contribution in [0, 0.1) is 0 Å². The zero-order valence-corrected chi connectivity index (χ0v) is 21.4. The maximum atomic E-state index is 13.9. The number of carbonyl (C=O) groups is 1. The predicted molar refractivity (Wildman–Crippen MR) is 138 cm³/mol. The van der Waals surface area contributed by atoms with Gasteiger partial charge in [0.05, 0.1) is 29.9 Å². The molecular formula is C27H25F3N6O3. The summed E-state index contributed by atoms with van der Waals surface area (Å²) in [4.78, 5) is 19.2. The summed E-state index contributed by atoms with van der Waals surface area (Å²) in [7, 11) is 4.65. The quantitative estimate of drug-likeness (QED) is 0.349. The monoisotopic (exact) mass is 538 g/mol. The van der Waals surface area contributed by atoms with Gasteiger partial charge in [0.25, 0.3) is 0 Å². The highest BCUT2D eigenvalue weighted by Crippen LogP contribution is 2.40. The maximum absolute atomic E-state index is 13.9. The van der Waals surface area contributed by atoms with Crippen LogP contribution in [0.3, 0.4) is 0 Å². The molecule has 0 saturated carbocycles. The third-order valence-electron chi connectivity index (χ3n) is 6.34. The molecule has 202 valence electrons. The molecule has 0 N–H and O–H groups in total. The summed E-state index contributed by atoms with van der Waals surface area (Å²) in [5.41, 5.74) is 1.77. The first-order valence-corrected chi connectivity index (χ1v) is 11.9. The van der Waals surface area contributed by atoms with E-state index in [1.807, 2.05) is 17.0 Å². The molecule has 1 aliphatic rings. The third kappa shape index (κ3) is 4.80. The Morgan fingerprint density at radius 3 is 2.28 bits per heavy atom. The molecule has 1 amide bonds. The standard InChI is InChI=1S/C27H25F3N6O3/c1-17-23-22(24(27(28,29)30)32-36(23)20-9-11-21(38-4)12-10-20)13-15-34(17)18-5-7-19(8-6-18)35-16-14-31-25(35)39-26(37)33(2)3/h5-12,14,16H,1,13,15H2,2-4H3. The van der Waals surface area contributed by atoms with Gasteiger partial charge in [-0.3, -0.25) is 4.57 Å². The topological polar surface area (TPSA) is 77.6 Å². The number of benzene rings is 2. The van der Waals surface area contributed by atoms with Crippen molar-refractivity contribution in [3.63, 3.8) is 0 Å². The van der Waals surface area contributed by atoms with Crippen LogP contribution in [-0.2, 0) is 12.6 Å². The summed E-state index contributed by atoms with van der Waals surface area (Å²) in [6.45, 7) is 4.45. The zero-order chi connectivity index (χ0) is 27.9. The second-order valence-corrected chi connectivity index (χ2v) is 8.99. The number of methoxy groups -OCH3 is 1. The van der Waals surface area contributed by atoms with Crippen molar-refractivity contribution in [3.8, 4) is 23.1 Å². The summed E-state index contributed by atoms with van der Waals surface area (Å²) in [6, 6.07) is 14.0. The van der Waals surface area contributed by atoms with Crippen LogP contribution >= 0.6 is 0 Å². The van der Waals surface area contributed by atoms with Crippen molar-refractivity contribution >= 4 is 17.5 Å². The molecule has 1 aliphatic heterocycles. The van der Waals surface area contributed by atoms with Crippen LogP contribution in [0.25, 0.3) is 17.1 Å². The molecule has 0 radical (unpaired) electrons. The molecule has 2 aromatic heterocycles. The molecule has 5 rings (SSSR count). The molecule has 0 bridgehead atoms. The normalized spacial score (nSPS) is 13.3. The van der Waals surface area contributed by atoms with Crippen molar-refractivity contribution in [1.82, 2.24) is 24.2 Å². The molecule has 9 nitrogen and oxygen atoms in total. The van der Waals surface area contributed by atoms with E-state index in [0.717, 1.165) is 5.69 Å². The van der Waals surface area contributed by atoms with Crippen molar-refractivity contribution in [2.75, 3.05) is 32.6 Å². The number of aromatic nitrogens is 4. The fourth-order valence-corrected chi connectivity index (χ4v) is 4.42. The van der Waals surface area contributed by atoms with E-state index in [9.17, 15) is 18.0 Å². The number of hydrogen-bond acceptors (Lipinski definition) is 6. The highest BCUT2D eigenvalue weighted by molar-refractivity contribution is 5.81. The fourth-order valence-electron chi connectivity index (χ4n) is 4.42. The van der Waals surface area contributed by atoms with Crippen molar-refractivity contribution in [2.24, 2.45) is 0 Å². The first kappa shape index (κ1) is 25.9. The number of alkyl halides is 3. The van der Waals surface area contributed by atoms with E-state index < -0.39 is 18.0 Å². The number of amides is 1. The lowest BCUT2D eigenvalue weighted by molar-refractivity contribution is -0.141. The van der Waals surface area contributed by atoms with Gasteiger partial charge in [0.15, 0.2) is 5.69 Å². The number of ether oxygens (including phenoxy) is 2. The van der Waals surface area contributed by atoms with Gasteiger partial charge >= 0.3 is 18.3 Å². The van der Waals surface area contributed by atoms with Crippen molar-refractivity contribution < 1.29 is 27.4 Å². The van der Waals surface area contributed by atoms with Crippen LogP contribution in [0.4, 0.5) is 23.7 Å². The molecule has 3 heterocycles. The summed E-state index contributed by atoms with van der Waals surface area (Å²) in [5, 5.41) is 3.97. The lowest BCUT2D eigenvalue weighted by Gasteiger charge is -2.32. The lowest BCUT2D eigenvalue weighted by atomic mass is 10.0. The maximum Gasteiger partial charge on any atom is 0.435 e. The van der Waals surface area contributed by atoms with Crippen molar-refractivity contribution in [1.29, 1.82) is 0 Å². The van der Waals surface area contributed by atoms with Gasteiger partial charge in [0, 0.05) is 44.3 Å². The first-order valence-electron chi connectivity index (χ1n) is 11.9. The van der Waals surface area contributed by atoms with E-state index >= 15 is 0 Å². The second-order valence-electron chi connectivity index (χ2n) is 8.99. The third-order valence-corrected chi connectivity index (χ3v) is 6.34. The highest BCUT2D eigenvalue weighted by Gasteiger charge is 2.41. The largest absolute Gasteiger partial charge is 0.497 e. The van der Waals surface area contributed by atoms with E-state index in [-0.39, 0.29) is 18.0 Å². The van der Waals surface area contributed by atoms with Gasteiger partial charge < -0.3 is 19.3 Å². The molecular weight excluding hydrogens is 513 g/mol. The number of fused-ring (bicyclic) bond motifs is 1. The molecule has 39 heavy (non-hydrogen) atoms. The molecule has 0 atom stereocenters. The predicted octanol–water partition coefficient (Wildman–Crippen LogP) is 5.18. The molecule has 0 aliphatic carbocycles. The Morgan fingerprint density at radius 2 is 1.67 bits per heavy atom. The van der Waals surface area contributed by atoms with Gasteiger partial charge in [0.1, 0.15) is 5.75 Å². The molecule has 0 saturated heterocycles. The van der Waals surface area contributed by atoms with E-state index in [1.54, 1.807) is 61.3 Å². The second kappa shape index (κ2) is 9.86. The van der Waals surface area contributed by atoms with Crippen LogP contribution in [0.2, 0.25) is 0 Å². The van der Waals surface area contributed by atoms with Gasteiger partial charge in [-0.15, -0.1) is 0 Å². The summed E-state index contributed by atoms with van der Waals surface area (Å²) in [6.07, 6.45) is -1.87. The minimum absolute atomic E-state index is 0.108. The molecule has 2 aromatic carbocycles. The van der Waals surface area contributed by atoms with E-state index in [2.05, 4.69) is 16.7 Å². The van der Waals surface area contributed by atoms with Gasteiger partial charge in [-0.1, -0.05) is 6.58 Å². The SMILES string of the molecule is C=C1c2c(c(C(F)(F)F)nn2-c2ccc(OC)cc2)CCN1c1ccc(-n2ccnc2OC(=O)N(C)C)cc1. The molecule has 4 aromatic rings. The summed E-state index contributed by atoms with van der Waals surface area (Å²) < 4.78 is 55.2. The molecule has 0 fully saturated rings. The lowest BCUT2D eigenvalue weighted by Crippen LogP contribution is -2.30. The Bertz CT molecular complexity index is 1520. The Hall–Kier alpha value is -4.74. The van der Waals surface area contributed by atoms with E-state index in [0.29, 0.717) is 35.1 Å². The number of anilines is 1. The molecule has 0 unspecified atom stereocenters. The zero-order valence-electron chi connectivity index (χ0n) is 21.4. The smallest absolute Gasteiger partial charge is 0.435 e. The summed E-state index contributed by atoms with van der Waals surface area (Å²) >= 11 is 0. The Morgan fingerprint density at radius 1 is 1.03 bits per heavy atom. The van der Waals surface area contributed by atoms with Gasteiger partial charge in [0.2, 0.25) is 0 Å². The van der Waals surface area contributed by atoms with Gasteiger partial charge in [-0.05, 0) is 55.0 Å². The number of hydrogen-bond donors (Lipinski definition) is 0. The highest BCUT2D eigenvalue weighted by atomic mass is 19.4. The average Bonchev–Trinajstić information content (AvgIpc) is 3.54. The molecule has 12 heteroatoms. The van der Waals surface area contributed by atoms with Crippen molar-refractivity contribution in [2.45, 2.75) is 12.6 Å². The minimum atomic E-state index is -4.61. The number of rotatable bonds is 5.